The van der Waals surface area contributed by atoms with Crippen molar-refractivity contribution in [2.45, 2.75) is 155 Å². The number of carbonyl (C=O) groups is 2. The average Bonchev–Trinajstić information content (AvgIpc) is 3.17. The van der Waals surface area contributed by atoms with Gasteiger partial charge in [-0.25, -0.2) is 0 Å². The van der Waals surface area contributed by atoms with Crippen molar-refractivity contribution < 1.29 is 23.2 Å². The molecule has 0 radical (unpaired) electrons. The molecule has 7 heteroatoms. The lowest BCUT2D eigenvalue weighted by atomic mass is 9.99. The molecule has 0 heterocycles. The smallest absolute Gasteiger partial charge is 0.303 e. The van der Waals surface area contributed by atoms with Crippen LogP contribution in [-0.4, -0.2) is 40.6 Å². The quantitative estimate of drug-likeness (QED) is 0.0754. The van der Waals surface area contributed by atoms with Crippen LogP contribution in [0.3, 0.4) is 0 Å². The fraction of sp³-hybridized carbons (Fsp3) is 0.862. The normalized spacial score (nSPS) is 22.1. The van der Waals surface area contributed by atoms with Crippen LogP contribution in [0.5, 0.6) is 0 Å². The Morgan fingerprint density at radius 2 is 1.58 bits per heavy atom. The number of carbonyl (C=O) groups excluding carboxylic acids is 2. The van der Waals surface area contributed by atoms with E-state index in [1.807, 2.05) is 0 Å². The first-order valence-electron chi connectivity index (χ1n) is 14.9. The summed E-state index contributed by atoms with van der Waals surface area (Å²) in [5.41, 5.74) is 0.494. The van der Waals surface area contributed by atoms with Crippen molar-refractivity contribution in [2.24, 2.45) is 5.92 Å². The highest BCUT2D eigenvalue weighted by Crippen LogP contribution is 2.43. The van der Waals surface area contributed by atoms with E-state index in [0.717, 1.165) is 55.2 Å². The van der Waals surface area contributed by atoms with Crippen LogP contribution in [0.1, 0.15) is 107 Å². The van der Waals surface area contributed by atoms with Crippen molar-refractivity contribution in [2.75, 3.05) is 0 Å². The third kappa shape index (κ3) is 8.55. The highest BCUT2D eigenvalue weighted by Gasteiger charge is 2.52. The van der Waals surface area contributed by atoms with Crippen molar-refractivity contribution in [1.82, 2.24) is 0 Å². The average molecular weight is 541 g/mol. The molecule has 5 nitrogen and oxygen atoms in total. The number of hydrogen-bond donors (Lipinski definition) is 0. The number of esters is 1. The molecule has 210 valence electrons. The van der Waals surface area contributed by atoms with Crippen LogP contribution in [0.15, 0.2) is 11.8 Å². The third-order valence-corrected chi connectivity index (χ3v) is 18.7. The molecule has 4 unspecified atom stereocenters. The Morgan fingerprint density at radius 1 is 0.972 bits per heavy atom. The Labute approximate surface area is 224 Å². The van der Waals surface area contributed by atoms with Gasteiger partial charge in [-0.1, -0.05) is 81.1 Å². The summed E-state index contributed by atoms with van der Waals surface area (Å²) in [4.78, 5) is 25.4. The number of ether oxygens (including phenoxy) is 1. The predicted molar refractivity (Wildman–Crippen MR) is 155 cm³/mol. The first-order valence-corrected chi connectivity index (χ1v) is 19.8. The molecule has 4 atom stereocenters. The van der Waals surface area contributed by atoms with E-state index in [4.69, 9.17) is 13.6 Å². The standard InChI is InChI=1S/C29H56O5Si2/c1-10-17-18-19-20-21-26(33-35(12-3,13-4)14-5)28-27(22-25(31)29(28)32-24(9)30)34-36(15-6,16-7)23(8)11-2/h21,23,27-29H,10-20,22H2,1-9H3/b26-21+. The molecule has 36 heavy (non-hydrogen) atoms. The van der Waals surface area contributed by atoms with Crippen LogP contribution in [-0.2, 0) is 23.2 Å². The molecule has 0 spiro atoms. The van der Waals surface area contributed by atoms with Gasteiger partial charge in [-0.15, -0.1) is 0 Å². The second-order valence-electron chi connectivity index (χ2n) is 10.8. The Bertz CT molecular complexity index is 692. The molecule has 1 saturated carbocycles. The first-order chi connectivity index (χ1) is 17.1. The molecule has 0 saturated heterocycles. The summed E-state index contributed by atoms with van der Waals surface area (Å²) >= 11 is 0. The van der Waals surface area contributed by atoms with Gasteiger partial charge < -0.3 is 13.6 Å². The number of ketones is 1. The maximum atomic E-state index is 13.3. The minimum atomic E-state index is -2.10. The first kappa shape index (κ1) is 33.1. The van der Waals surface area contributed by atoms with Crippen LogP contribution in [0.2, 0.25) is 35.8 Å². The number of allylic oxidation sites excluding steroid dienone is 1. The van der Waals surface area contributed by atoms with Crippen molar-refractivity contribution in [3.05, 3.63) is 11.8 Å². The highest BCUT2D eigenvalue weighted by molar-refractivity contribution is 6.75. The van der Waals surface area contributed by atoms with E-state index >= 15 is 0 Å². The summed E-state index contributed by atoms with van der Waals surface area (Å²) in [6.45, 7) is 19.3. The van der Waals surface area contributed by atoms with Gasteiger partial charge in [0.2, 0.25) is 8.32 Å². The van der Waals surface area contributed by atoms with Gasteiger partial charge >= 0.3 is 5.97 Å². The lowest BCUT2D eigenvalue weighted by Crippen LogP contribution is -2.47. The maximum absolute atomic E-state index is 13.3. The fourth-order valence-electron chi connectivity index (χ4n) is 5.78. The van der Waals surface area contributed by atoms with Gasteiger partial charge in [0.15, 0.2) is 20.2 Å². The molecule has 1 aliphatic rings. The van der Waals surface area contributed by atoms with E-state index in [0.29, 0.717) is 12.0 Å². The molecule has 1 rings (SSSR count). The SMILES string of the molecule is CCCCCC/C=C(/O[Si](CC)(CC)CC)C1C(O[Si](CC)(CC)C(C)CC)CC(=O)C1OC(C)=O. The monoisotopic (exact) mass is 540 g/mol. The molecule has 0 N–H and O–H groups in total. The Kier molecular flexibility index (Phi) is 14.8. The van der Waals surface area contributed by atoms with Crippen LogP contribution in [0.25, 0.3) is 0 Å². The summed E-state index contributed by atoms with van der Waals surface area (Å²) < 4.78 is 19.9. The van der Waals surface area contributed by atoms with Gasteiger partial charge in [0, 0.05) is 13.3 Å². The summed E-state index contributed by atoms with van der Waals surface area (Å²) in [5.74, 6) is 0.0719. The molecular formula is C29H56O5Si2. The Balaban J connectivity index is 3.54. The molecule has 1 aliphatic carbocycles. The molecular weight excluding hydrogens is 484 g/mol. The summed E-state index contributed by atoms with van der Waals surface area (Å²) in [6.07, 6.45) is 8.10. The molecule has 0 amide bonds. The number of unbranched alkanes of at least 4 members (excludes halogenated alkanes) is 4. The van der Waals surface area contributed by atoms with E-state index in [-0.39, 0.29) is 17.8 Å². The molecule has 0 aromatic carbocycles. The lowest BCUT2D eigenvalue weighted by Gasteiger charge is -2.41. The molecule has 0 aromatic rings. The van der Waals surface area contributed by atoms with Gasteiger partial charge in [-0.3, -0.25) is 9.59 Å². The molecule has 1 fully saturated rings. The maximum Gasteiger partial charge on any atom is 0.303 e. The second kappa shape index (κ2) is 16.1. The van der Waals surface area contributed by atoms with Gasteiger partial charge in [0.1, 0.15) is 0 Å². The Hall–Kier alpha value is -0.926. The number of Topliss-reactive ketones (excluding diaryl/α,β-unsaturated/α-hetero) is 1. The van der Waals surface area contributed by atoms with Gasteiger partial charge in [-0.05, 0) is 54.7 Å². The van der Waals surface area contributed by atoms with E-state index in [2.05, 4.69) is 61.5 Å². The number of rotatable bonds is 18. The lowest BCUT2D eigenvalue weighted by molar-refractivity contribution is -0.153. The van der Waals surface area contributed by atoms with Gasteiger partial charge in [-0.2, -0.15) is 0 Å². The van der Waals surface area contributed by atoms with Crippen molar-refractivity contribution in [1.29, 1.82) is 0 Å². The topological polar surface area (TPSA) is 61.8 Å². The molecule has 0 aromatic heterocycles. The minimum Gasteiger partial charge on any atom is -0.546 e. The zero-order valence-electron chi connectivity index (χ0n) is 24.9. The minimum absolute atomic E-state index is 0.0308. The van der Waals surface area contributed by atoms with E-state index in [1.54, 1.807) is 0 Å². The van der Waals surface area contributed by atoms with Crippen LogP contribution in [0, 0.1) is 5.92 Å². The van der Waals surface area contributed by atoms with Gasteiger partial charge in [0.25, 0.3) is 0 Å². The van der Waals surface area contributed by atoms with Crippen LogP contribution in [0.4, 0.5) is 0 Å². The Morgan fingerprint density at radius 3 is 2.06 bits per heavy atom. The molecule has 0 aliphatic heterocycles. The van der Waals surface area contributed by atoms with Crippen LogP contribution >= 0.6 is 0 Å². The van der Waals surface area contributed by atoms with Crippen molar-refractivity contribution in [3.63, 3.8) is 0 Å². The predicted octanol–water partition coefficient (Wildman–Crippen LogP) is 8.55. The third-order valence-electron chi connectivity index (χ3n) is 8.83. The zero-order valence-corrected chi connectivity index (χ0v) is 26.9. The van der Waals surface area contributed by atoms with Crippen molar-refractivity contribution in [3.8, 4) is 0 Å². The number of hydrogen-bond acceptors (Lipinski definition) is 5. The van der Waals surface area contributed by atoms with E-state index in [9.17, 15) is 9.59 Å². The van der Waals surface area contributed by atoms with Crippen LogP contribution < -0.4 is 0 Å². The zero-order chi connectivity index (χ0) is 27.4. The largest absolute Gasteiger partial charge is 0.546 e. The highest BCUT2D eigenvalue weighted by atomic mass is 28.4. The molecule has 0 bridgehead atoms. The summed E-state index contributed by atoms with van der Waals surface area (Å²) in [5, 5.41) is 0. The van der Waals surface area contributed by atoms with Gasteiger partial charge in [0.05, 0.1) is 17.8 Å². The summed E-state index contributed by atoms with van der Waals surface area (Å²) in [7, 11) is -4.11. The fourth-order valence-corrected chi connectivity index (χ4v) is 12.5. The second-order valence-corrected chi connectivity index (χ2v) is 20.2. The van der Waals surface area contributed by atoms with E-state index < -0.39 is 28.7 Å². The summed E-state index contributed by atoms with van der Waals surface area (Å²) in [6, 6.07) is 5.10. The van der Waals surface area contributed by atoms with Crippen molar-refractivity contribution >= 4 is 28.4 Å². The van der Waals surface area contributed by atoms with E-state index in [1.165, 1.54) is 26.2 Å².